The Labute approximate surface area is 98.9 Å². The number of halogens is 1. The molecule has 15 heavy (non-hydrogen) atoms. The third kappa shape index (κ3) is 5.74. The second kappa shape index (κ2) is 7.48. The van der Waals surface area contributed by atoms with Gasteiger partial charge in [-0.2, -0.15) is 0 Å². The van der Waals surface area contributed by atoms with Crippen molar-refractivity contribution in [3.05, 3.63) is 0 Å². The van der Waals surface area contributed by atoms with Crippen LogP contribution in [0.2, 0.25) is 0 Å². The van der Waals surface area contributed by atoms with Crippen LogP contribution >= 0.6 is 11.6 Å². The number of piperidine rings is 1. The van der Waals surface area contributed by atoms with E-state index in [4.69, 9.17) is 16.3 Å². The molecule has 0 unspecified atom stereocenters. The minimum absolute atomic E-state index is 0.645. The smallest absolute Gasteiger partial charge is 0.0593 e. The van der Waals surface area contributed by atoms with Gasteiger partial charge in [0.1, 0.15) is 0 Å². The highest BCUT2D eigenvalue weighted by Crippen LogP contribution is 2.17. The van der Waals surface area contributed by atoms with Crippen LogP contribution in [0.3, 0.4) is 0 Å². The fourth-order valence-corrected chi connectivity index (χ4v) is 2.19. The second-order valence-corrected chi connectivity index (χ2v) is 5.22. The molecule has 0 aromatic carbocycles. The number of likely N-dealkylation sites (tertiary alicyclic amines) is 1. The Morgan fingerprint density at radius 1 is 1.33 bits per heavy atom. The van der Waals surface area contributed by atoms with Crippen LogP contribution in [0.4, 0.5) is 0 Å². The predicted molar refractivity (Wildman–Crippen MR) is 65.5 cm³/mol. The van der Waals surface area contributed by atoms with Gasteiger partial charge in [0.15, 0.2) is 0 Å². The number of nitrogens with zero attached hydrogens (tertiary/aromatic N) is 1. The zero-order chi connectivity index (χ0) is 11.1. The summed E-state index contributed by atoms with van der Waals surface area (Å²) >= 11 is 5.85. The van der Waals surface area contributed by atoms with E-state index in [0.717, 1.165) is 31.6 Å². The van der Waals surface area contributed by atoms with Gasteiger partial charge >= 0.3 is 0 Å². The number of hydrogen-bond donors (Lipinski definition) is 0. The van der Waals surface area contributed by atoms with Crippen LogP contribution in [0.25, 0.3) is 0 Å². The molecule has 0 bridgehead atoms. The van der Waals surface area contributed by atoms with Crippen molar-refractivity contribution in [2.75, 3.05) is 38.7 Å². The van der Waals surface area contributed by atoms with E-state index in [1.165, 1.54) is 25.9 Å². The average molecular weight is 234 g/mol. The Morgan fingerprint density at radius 2 is 2.00 bits per heavy atom. The molecule has 1 saturated heterocycles. The van der Waals surface area contributed by atoms with E-state index in [1.807, 2.05) is 0 Å². The lowest BCUT2D eigenvalue weighted by Gasteiger charge is -2.30. The van der Waals surface area contributed by atoms with E-state index in [2.05, 4.69) is 18.7 Å². The van der Waals surface area contributed by atoms with Crippen LogP contribution in [0.5, 0.6) is 0 Å². The van der Waals surface area contributed by atoms with Crippen LogP contribution in [0.1, 0.15) is 26.7 Å². The molecule has 0 spiro atoms. The van der Waals surface area contributed by atoms with Crippen molar-refractivity contribution in [1.29, 1.82) is 0 Å². The quantitative estimate of drug-likeness (QED) is 0.517. The summed E-state index contributed by atoms with van der Waals surface area (Å²) in [7, 11) is 0. The van der Waals surface area contributed by atoms with Gasteiger partial charge in [0, 0.05) is 19.0 Å². The normalized spacial score (nSPS) is 20.0. The van der Waals surface area contributed by atoms with Crippen molar-refractivity contribution in [2.45, 2.75) is 26.7 Å². The molecular weight excluding hydrogens is 210 g/mol. The lowest BCUT2D eigenvalue weighted by Crippen LogP contribution is -2.36. The fraction of sp³-hybridized carbons (Fsp3) is 1.00. The van der Waals surface area contributed by atoms with E-state index >= 15 is 0 Å². The number of rotatable bonds is 6. The Morgan fingerprint density at radius 3 is 2.53 bits per heavy atom. The molecule has 0 aliphatic carbocycles. The minimum Gasteiger partial charge on any atom is -0.380 e. The van der Waals surface area contributed by atoms with Crippen LogP contribution in [-0.2, 0) is 4.74 Å². The van der Waals surface area contributed by atoms with Gasteiger partial charge in [-0.25, -0.2) is 0 Å². The largest absolute Gasteiger partial charge is 0.380 e. The third-order valence-electron chi connectivity index (χ3n) is 2.93. The average Bonchev–Trinajstić information content (AvgIpc) is 2.25. The molecule has 3 heteroatoms. The molecule has 1 aliphatic heterocycles. The van der Waals surface area contributed by atoms with Gasteiger partial charge in [-0.05, 0) is 37.8 Å². The maximum atomic E-state index is 5.85. The maximum absolute atomic E-state index is 5.85. The van der Waals surface area contributed by atoms with Crippen molar-refractivity contribution >= 4 is 11.6 Å². The van der Waals surface area contributed by atoms with E-state index in [9.17, 15) is 0 Å². The van der Waals surface area contributed by atoms with Crippen LogP contribution < -0.4 is 0 Å². The molecule has 0 atom stereocenters. The Bertz CT molecular complexity index is 156. The molecule has 1 rings (SSSR count). The van der Waals surface area contributed by atoms with Crippen LogP contribution in [0.15, 0.2) is 0 Å². The topological polar surface area (TPSA) is 12.5 Å². The van der Waals surface area contributed by atoms with Crippen molar-refractivity contribution in [3.8, 4) is 0 Å². The van der Waals surface area contributed by atoms with Gasteiger partial charge in [-0.1, -0.05) is 13.8 Å². The van der Waals surface area contributed by atoms with Crippen molar-refractivity contribution in [1.82, 2.24) is 4.90 Å². The zero-order valence-electron chi connectivity index (χ0n) is 10.0. The highest BCUT2D eigenvalue weighted by atomic mass is 35.5. The molecule has 0 radical (unpaired) electrons. The van der Waals surface area contributed by atoms with Gasteiger partial charge in [0.05, 0.1) is 6.61 Å². The highest BCUT2D eigenvalue weighted by Gasteiger charge is 2.17. The first-order chi connectivity index (χ1) is 7.22. The summed E-state index contributed by atoms with van der Waals surface area (Å²) in [6.07, 6.45) is 2.52. The number of alkyl halides is 1. The van der Waals surface area contributed by atoms with Gasteiger partial charge in [0.2, 0.25) is 0 Å². The van der Waals surface area contributed by atoms with E-state index in [-0.39, 0.29) is 0 Å². The Balaban J connectivity index is 1.99. The predicted octanol–water partition coefficient (Wildman–Crippen LogP) is 2.61. The molecule has 0 N–H and O–H groups in total. The molecule has 0 aromatic rings. The lowest BCUT2D eigenvalue weighted by atomic mass is 9.99. The summed E-state index contributed by atoms with van der Waals surface area (Å²) < 4.78 is 5.58. The standard InChI is InChI=1S/C12H24ClNO/c1-11(2)10-15-8-7-14-5-3-12(9-13)4-6-14/h11-12H,3-10H2,1-2H3. The lowest BCUT2D eigenvalue weighted by molar-refractivity contribution is 0.0753. The Kier molecular flexibility index (Phi) is 6.62. The highest BCUT2D eigenvalue weighted by molar-refractivity contribution is 6.18. The van der Waals surface area contributed by atoms with Gasteiger partial charge in [-0.3, -0.25) is 0 Å². The van der Waals surface area contributed by atoms with E-state index in [1.54, 1.807) is 0 Å². The summed E-state index contributed by atoms with van der Waals surface area (Å²) in [5.74, 6) is 2.23. The summed E-state index contributed by atoms with van der Waals surface area (Å²) in [5, 5.41) is 0. The molecule has 1 heterocycles. The summed E-state index contributed by atoms with van der Waals surface area (Å²) in [6, 6.07) is 0. The zero-order valence-corrected chi connectivity index (χ0v) is 10.8. The van der Waals surface area contributed by atoms with Crippen molar-refractivity contribution < 1.29 is 4.74 Å². The summed E-state index contributed by atoms with van der Waals surface area (Å²) in [5.41, 5.74) is 0. The number of hydrogen-bond acceptors (Lipinski definition) is 2. The van der Waals surface area contributed by atoms with Gasteiger partial charge in [0.25, 0.3) is 0 Å². The van der Waals surface area contributed by atoms with E-state index in [0.29, 0.717) is 5.92 Å². The summed E-state index contributed by atoms with van der Waals surface area (Å²) in [4.78, 5) is 2.49. The summed E-state index contributed by atoms with van der Waals surface area (Å²) in [6.45, 7) is 9.62. The number of ether oxygens (including phenoxy) is 1. The minimum atomic E-state index is 0.645. The molecule has 0 saturated carbocycles. The second-order valence-electron chi connectivity index (χ2n) is 4.91. The maximum Gasteiger partial charge on any atom is 0.0593 e. The molecule has 1 fully saturated rings. The van der Waals surface area contributed by atoms with Crippen molar-refractivity contribution in [3.63, 3.8) is 0 Å². The van der Waals surface area contributed by atoms with Gasteiger partial charge < -0.3 is 9.64 Å². The van der Waals surface area contributed by atoms with Crippen molar-refractivity contribution in [2.24, 2.45) is 11.8 Å². The fourth-order valence-electron chi connectivity index (χ4n) is 1.88. The molecule has 90 valence electrons. The third-order valence-corrected chi connectivity index (χ3v) is 3.36. The first-order valence-electron chi connectivity index (χ1n) is 6.08. The van der Waals surface area contributed by atoms with Crippen LogP contribution in [-0.4, -0.2) is 43.6 Å². The molecule has 2 nitrogen and oxygen atoms in total. The monoisotopic (exact) mass is 233 g/mol. The Hall–Kier alpha value is 0.210. The van der Waals surface area contributed by atoms with E-state index < -0.39 is 0 Å². The van der Waals surface area contributed by atoms with Gasteiger partial charge in [-0.15, -0.1) is 11.6 Å². The molecule has 0 aromatic heterocycles. The first-order valence-corrected chi connectivity index (χ1v) is 6.62. The molecular formula is C12H24ClNO. The SMILES string of the molecule is CC(C)COCCN1CCC(CCl)CC1. The molecule has 0 amide bonds. The molecule has 1 aliphatic rings. The van der Waals surface area contributed by atoms with Crippen LogP contribution in [0, 0.1) is 11.8 Å². The first kappa shape index (κ1) is 13.3.